The Hall–Kier alpha value is -1.38. The summed E-state index contributed by atoms with van der Waals surface area (Å²) in [6.07, 6.45) is 0. The molecule has 0 atom stereocenters. The Morgan fingerprint density at radius 1 is 1.29 bits per heavy atom. The van der Waals surface area contributed by atoms with Crippen LogP contribution < -0.4 is 0 Å². The molecule has 0 saturated heterocycles. The van der Waals surface area contributed by atoms with Crippen LogP contribution in [-0.4, -0.2) is 15.0 Å². The van der Waals surface area contributed by atoms with Gasteiger partial charge in [-0.25, -0.2) is 4.68 Å². The molecule has 0 bridgehead atoms. The van der Waals surface area contributed by atoms with Crippen molar-refractivity contribution in [1.82, 2.24) is 15.0 Å². The van der Waals surface area contributed by atoms with Crippen LogP contribution in [0.3, 0.4) is 0 Å². The van der Waals surface area contributed by atoms with Crippen LogP contribution in [0.2, 0.25) is 0 Å². The summed E-state index contributed by atoms with van der Waals surface area (Å²) in [5.41, 5.74) is 4.70. The molecule has 1 heterocycles. The van der Waals surface area contributed by atoms with Gasteiger partial charge in [-0.05, 0) is 24.0 Å². The Morgan fingerprint density at radius 3 is 2.64 bits per heavy atom. The zero-order chi connectivity index (χ0) is 10.3. The van der Waals surface area contributed by atoms with E-state index in [4.69, 9.17) is 0 Å². The number of aromatic nitrogens is 3. The quantitative estimate of drug-likeness (QED) is 0.689. The molecule has 2 aromatic rings. The Morgan fingerprint density at radius 2 is 2.00 bits per heavy atom. The van der Waals surface area contributed by atoms with Gasteiger partial charge in [0, 0.05) is 7.05 Å². The second-order valence-electron chi connectivity index (χ2n) is 4.04. The molecule has 0 aliphatic rings. The van der Waals surface area contributed by atoms with E-state index in [-0.39, 0.29) is 0 Å². The third kappa shape index (κ3) is 1.20. The molecule has 14 heavy (non-hydrogen) atoms. The molecule has 0 N–H and O–H groups in total. The van der Waals surface area contributed by atoms with Gasteiger partial charge >= 0.3 is 0 Å². The van der Waals surface area contributed by atoms with Crippen LogP contribution in [0.5, 0.6) is 0 Å². The summed E-state index contributed by atoms with van der Waals surface area (Å²) in [5.74, 6) is 0.495. The highest BCUT2D eigenvalue weighted by atomic mass is 15.4. The Bertz CT molecular complexity index is 469. The smallest absolute Gasteiger partial charge is 0.116 e. The minimum atomic E-state index is 0.495. The van der Waals surface area contributed by atoms with Gasteiger partial charge in [0.15, 0.2) is 0 Å². The predicted molar refractivity (Wildman–Crippen MR) is 57.3 cm³/mol. The number of hydrogen-bond acceptors (Lipinski definition) is 2. The van der Waals surface area contributed by atoms with E-state index < -0.39 is 0 Å². The third-order valence-electron chi connectivity index (χ3n) is 2.61. The van der Waals surface area contributed by atoms with E-state index in [0.29, 0.717) is 5.92 Å². The zero-order valence-electron chi connectivity index (χ0n) is 9.07. The molecular weight excluding hydrogens is 174 g/mol. The molecule has 0 unspecified atom stereocenters. The molecule has 0 radical (unpaired) electrons. The molecule has 0 aliphatic heterocycles. The van der Waals surface area contributed by atoms with E-state index in [1.54, 1.807) is 0 Å². The van der Waals surface area contributed by atoms with Crippen molar-refractivity contribution in [3.05, 3.63) is 23.3 Å². The maximum Gasteiger partial charge on any atom is 0.116 e. The molecular formula is C11H15N3. The third-order valence-corrected chi connectivity index (χ3v) is 2.61. The van der Waals surface area contributed by atoms with Crippen LogP contribution in [-0.2, 0) is 7.05 Å². The van der Waals surface area contributed by atoms with E-state index >= 15 is 0 Å². The van der Waals surface area contributed by atoms with Gasteiger partial charge in [-0.1, -0.05) is 31.2 Å². The summed E-state index contributed by atoms with van der Waals surface area (Å²) in [7, 11) is 1.94. The number of aryl methyl sites for hydroxylation is 2. The topological polar surface area (TPSA) is 30.7 Å². The average molecular weight is 189 g/mol. The van der Waals surface area contributed by atoms with E-state index in [9.17, 15) is 0 Å². The fourth-order valence-electron chi connectivity index (χ4n) is 1.83. The van der Waals surface area contributed by atoms with E-state index in [1.165, 1.54) is 11.1 Å². The van der Waals surface area contributed by atoms with Gasteiger partial charge < -0.3 is 0 Å². The molecule has 3 heteroatoms. The van der Waals surface area contributed by atoms with Gasteiger partial charge in [-0.15, -0.1) is 5.10 Å². The minimum Gasteiger partial charge on any atom is -0.247 e. The maximum atomic E-state index is 4.21. The number of rotatable bonds is 1. The second-order valence-corrected chi connectivity index (χ2v) is 4.04. The first-order chi connectivity index (χ1) is 6.61. The zero-order valence-corrected chi connectivity index (χ0v) is 9.07. The fraction of sp³-hybridized carbons (Fsp3) is 0.455. The van der Waals surface area contributed by atoms with Crippen LogP contribution in [0.15, 0.2) is 12.1 Å². The molecule has 0 aliphatic carbocycles. The average Bonchev–Trinajstić information content (AvgIpc) is 2.49. The van der Waals surface area contributed by atoms with Crippen LogP contribution in [0.4, 0.5) is 0 Å². The van der Waals surface area contributed by atoms with Crippen LogP contribution in [0.1, 0.15) is 30.9 Å². The summed E-state index contributed by atoms with van der Waals surface area (Å²) < 4.78 is 1.84. The van der Waals surface area contributed by atoms with Gasteiger partial charge in [0.05, 0.1) is 5.52 Å². The first kappa shape index (κ1) is 9.19. The van der Waals surface area contributed by atoms with Crippen molar-refractivity contribution in [1.29, 1.82) is 0 Å². The van der Waals surface area contributed by atoms with Crippen molar-refractivity contribution >= 4 is 11.0 Å². The van der Waals surface area contributed by atoms with E-state index in [0.717, 1.165) is 11.0 Å². The Balaban J connectivity index is 2.83. The minimum absolute atomic E-state index is 0.495. The number of fused-ring (bicyclic) bond motifs is 1. The SMILES string of the molecule is Cc1ccc(C(C)C)c2nnn(C)c12. The molecule has 74 valence electrons. The lowest BCUT2D eigenvalue weighted by atomic mass is 10.00. The normalized spacial score (nSPS) is 11.5. The Labute approximate surface area is 83.7 Å². The molecule has 3 nitrogen and oxygen atoms in total. The molecule has 0 spiro atoms. The van der Waals surface area contributed by atoms with E-state index in [1.807, 2.05) is 11.7 Å². The summed E-state index contributed by atoms with van der Waals surface area (Å²) >= 11 is 0. The van der Waals surface area contributed by atoms with Crippen LogP contribution in [0.25, 0.3) is 11.0 Å². The van der Waals surface area contributed by atoms with Crippen molar-refractivity contribution in [2.75, 3.05) is 0 Å². The summed E-state index contributed by atoms with van der Waals surface area (Å²) in [4.78, 5) is 0. The van der Waals surface area contributed by atoms with Gasteiger partial charge in [0.25, 0.3) is 0 Å². The molecule has 0 saturated carbocycles. The highest BCUT2D eigenvalue weighted by Crippen LogP contribution is 2.25. The predicted octanol–water partition coefficient (Wildman–Crippen LogP) is 2.40. The number of benzene rings is 1. The van der Waals surface area contributed by atoms with Gasteiger partial charge in [0.2, 0.25) is 0 Å². The lowest BCUT2D eigenvalue weighted by Crippen LogP contribution is -1.94. The van der Waals surface area contributed by atoms with Gasteiger partial charge in [0.1, 0.15) is 5.52 Å². The number of nitrogens with zero attached hydrogens (tertiary/aromatic N) is 3. The highest BCUT2D eigenvalue weighted by molar-refractivity contribution is 5.81. The lowest BCUT2D eigenvalue weighted by Gasteiger charge is -2.07. The van der Waals surface area contributed by atoms with Gasteiger partial charge in [-0.3, -0.25) is 0 Å². The monoisotopic (exact) mass is 189 g/mol. The lowest BCUT2D eigenvalue weighted by molar-refractivity contribution is 0.734. The fourth-order valence-corrected chi connectivity index (χ4v) is 1.83. The first-order valence-corrected chi connectivity index (χ1v) is 4.90. The summed E-state index contributed by atoms with van der Waals surface area (Å²) in [5, 5.41) is 8.28. The van der Waals surface area contributed by atoms with Crippen molar-refractivity contribution in [2.24, 2.45) is 7.05 Å². The standard InChI is InChI=1S/C11H15N3/c1-7(2)9-6-5-8(3)11-10(9)12-13-14(11)4/h5-7H,1-4H3. The summed E-state index contributed by atoms with van der Waals surface area (Å²) in [6.45, 7) is 6.45. The van der Waals surface area contributed by atoms with Gasteiger partial charge in [-0.2, -0.15) is 0 Å². The summed E-state index contributed by atoms with van der Waals surface area (Å²) in [6, 6.07) is 4.29. The maximum absolute atomic E-state index is 4.21. The van der Waals surface area contributed by atoms with Crippen molar-refractivity contribution in [3.8, 4) is 0 Å². The number of hydrogen-bond donors (Lipinski definition) is 0. The molecule has 1 aromatic heterocycles. The van der Waals surface area contributed by atoms with Crippen molar-refractivity contribution in [3.63, 3.8) is 0 Å². The van der Waals surface area contributed by atoms with Crippen molar-refractivity contribution in [2.45, 2.75) is 26.7 Å². The van der Waals surface area contributed by atoms with E-state index in [2.05, 4.69) is 43.2 Å². The molecule has 0 fully saturated rings. The highest BCUT2D eigenvalue weighted by Gasteiger charge is 2.11. The van der Waals surface area contributed by atoms with Crippen LogP contribution >= 0.6 is 0 Å². The molecule has 2 rings (SSSR count). The van der Waals surface area contributed by atoms with Crippen molar-refractivity contribution < 1.29 is 0 Å². The molecule has 0 amide bonds. The Kier molecular flexibility index (Phi) is 2.02. The van der Waals surface area contributed by atoms with Crippen LogP contribution in [0, 0.1) is 6.92 Å². The second kappa shape index (κ2) is 3.08. The molecule has 1 aromatic carbocycles. The largest absolute Gasteiger partial charge is 0.247 e. The first-order valence-electron chi connectivity index (χ1n) is 4.90.